The molecule has 0 spiro atoms. The van der Waals surface area contributed by atoms with E-state index in [1.807, 2.05) is 58.0 Å². The smallest absolute Gasteiger partial charge is 0.407 e. The van der Waals surface area contributed by atoms with Gasteiger partial charge in [0.1, 0.15) is 6.04 Å². The number of nitrogens with one attached hydrogen (secondary N) is 2. The van der Waals surface area contributed by atoms with E-state index < -0.39 is 34.9 Å². The molecular formula is C23H35N3O5S. The fourth-order valence-electron chi connectivity index (χ4n) is 3.60. The van der Waals surface area contributed by atoms with E-state index in [1.165, 1.54) is 16.7 Å². The lowest BCUT2D eigenvalue weighted by molar-refractivity contribution is -0.147. The summed E-state index contributed by atoms with van der Waals surface area (Å²) in [6.07, 6.45) is -0.529. The molecule has 178 valence electrons. The molecule has 0 aliphatic carbocycles. The van der Waals surface area contributed by atoms with Crippen LogP contribution in [0.1, 0.15) is 46.1 Å². The molecule has 0 bridgehead atoms. The Hall–Kier alpha value is -2.26. The van der Waals surface area contributed by atoms with Crippen molar-refractivity contribution in [3.05, 3.63) is 35.9 Å². The summed E-state index contributed by atoms with van der Waals surface area (Å²) in [5, 5.41) is 16.5. The lowest BCUT2D eigenvalue weighted by Gasteiger charge is -2.33. The molecule has 2 rings (SSSR count). The van der Waals surface area contributed by atoms with Crippen LogP contribution in [0.4, 0.5) is 4.79 Å². The first-order valence-corrected chi connectivity index (χ1v) is 12.1. The number of rotatable bonds is 10. The lowest BCUT2D eigenvalue weighted by atomic mass is 9.97. The number of alkyl carbamates (subject to hydrolysis) is 1. The van der Waals surface area contributed by atoms with Crippen molar-refractivity contribution >= 4 is 29.7 Å². The van der Waals surface area contributed by atoms with Gasteiger partial charge < -0.3 is 25.4 Å². The molecule has 1 aromatic carbocycles. The van der Waals surface area contributed by atoms with Crippen molar-refractivity contribution in [2.45, 2.75) is 69.9 Å². The molecule has 1 aromatic rings. The quantitative estimate of drug-likeness (QED) is 0.489. The first-order valence-electron chi connectivity index (χ1n) is 11.1. The van der Waals surface area contributed by atoms with E-state index in [0.717, 1.165) is 12.0 Å². The highest BCUT2D eigenvalue weighted by molar-refractivity contribution is 8.00. The molecule has 8 nitrogen and oxygen atoms in total. The number of carbonyl (C=O) groups excluding carboxylic acids is 3. The summed E-state index contributed by atoms with van der Waals surface area (Å²) >= 11 is 1.49. The molecule has 0 unspecified atom stereocenters. The van der Waals surface area contributed by atoms with Gasteiger partial charge in [-0.2, -0.15) is 0 Å². The molecule has 1 fully saturated rings. The minimum absolute atomic E-state index is 0.239. The van der Waals surface area contributed by atoms with Crippen molar-refractivity contribution in [3.63, 3.8) is 0 Å². The third kappa shape index (κ3) is 6.87. The zero-order valence-corrected chi connectivity index (χ0v) is 20.1. The predicted molar refractivity (Wildman–Crippen MR) is 125 cm³/mol. The average Bonchev–Trinajstić information content (AvgIpc) is 3.10. The highest BCUT2D eigenvalue weighted by Crippen LogP contribution is 2.39. The van der Waals surface area contributed by atoms with E-state index in [-0.39, 0.29) is 24.8 Å². The first kappa shape index (κ1) is 26.0. The zero-order chi connectivity index (χ0) is 23.7. The summed E-state index contributed by atoms with van der Waals surface area (Å²) in [7, 11) is 0. The highest BCUT2D eigenvalue weighted by atomic mass is 32.2. The maximum atomic E-state index is 13.3. The van der Waals surface area contributed by atoms with Crippen LogP contribution in [0.15, 0.2) is 30.3 Å². The third-order valence-electron chi connectivity index (χ3n) is 5.30. The fraction of sp³-hybridized carbons (Fsp3) is 0.609. The van der Waals surface area contributed by atoms with Crippen LogP contribution in [-0.2, 0) is 20.7 Å². The maximum absolute atomic E-state index is 13.3. The minimum atomic E-state index is -1.53. The normalized spacial score (nSPS) is 19.2. The van der Waals surface area contributed by atoms with Gasteiger partial charge in [0.15, 0.2) is 6.10 Å². The van der Waals surface area contributed by atoms with Crippen molar-refractivity contribution in [2.24, 2.45) is 0 Å². The molecule has 1 aliphatic heterocycles. The minimum Gasteiger partial charge on any atom is -0.450 e. The Morgan fingerprint density at radius 1 is 1.22 bits per heavy atom. The van der Waals surface area contributed by atoms with Crippen LogP contribution in [-0.4, -0.2) is 69.9 Å². The zero-order valence-electron chi connectivity index (χ0n) is 19.3. The van der Waals surface area contributed by atoms with E-state index >= 15 is 0 Å². The van der Waals surface area contributed by atoms with Gasteiger partial charge in [0.05, 0.1) is 18.5 Å². The highest BCUT2D eigenvalue weighted by Gasteiger charge is 2.49. The average molecular weight is 466 g/mol. The molecule has 0 radical (unpaired) electrons. The number of ether oxygens (including phenoxy) is 1. The Labute approximate surface area is 194 Å². The van der Waals surface area contributed by atoms with Gasteiger partial charge in [-0.25, -0.2) is 4.79 Å². The van der Waals surface area contributed by atoms with E-state index in [4.69, 9.17) is 4.74 Å². The second-order valence-electron chi connectivity index (χ2n) is 8.40. The summed E-state index contributed by atoms with van der Waals surface area (Å²) in [6.45, 7) is 8.42. The van der Waals surface area contributed by atoms with E-state index in [0.29, 0.717) is 13.0 Å². The number of hydrogen-bond acceptors (Lipinski definition) is 6. The lowest BCUT2D eigenvalue weighted by Crippen LogP contribution is -2.58. The van der Waals surface area contributed by atoms with Crippen molar-refractivity contribution in [1.82, 2.24) is 15.5 Å². The topological polar surface area (TPSA) is 108 Å². The van der Waals surface area contributed by atoms with Crippen molar-refractivity contribution < 1.29 is 24.2 Å². The molecular weight excluding hydrogens is 430 g/mol. The molecule has 3 atom stereocenters. The molecule has 1 aliphatic rings. The number of aliphatic hydroxyl groups excluding tert-OH is 1. The van der Waals surface area contributed by atoms with Crippen LogP contribution in [0.5, 0.6) is 0 Å². The number of aliphatic hydroxyl groups is 1. The van der Waals surface area contributed by atoms with Gasteiger partial charge >= 0.3 is 6.09 Å². The number of thioether (sulfide) groups is 1. The summed E-state index contributed by atoms with van der Waals surface area (Å²) in [4.78, 5) is 39.8. The van der Waals surface area contributed by atoms with Crippen LogP contribution < -0.4 is 10.6 Å². The second-order valence-corrected chi connectivity index (χ2v) is 10.00. The number of amides is 3. The largest absolute Gasteiger partial charge is 0.450 e. The van der Waals surface area contributed by atoms with Gasteiger partial charge in [0.2, 0.25) is 5.91 Å². The van der Waals surface area contributed by atoms with Gasteiger partial charge in [-0.05, 0) is 38.7 Å². The van der Waals surface area contributed by atoms with Gasteiger partial charge in [0.25, 0.3) is 5.91 Å². The Morgan fingerprint density at radius 2 is 1.91 bits per heavy atom. The number of carbonyl (C=O) groups is 3. The SMILES string of the molecule is CCCNC(=O)[C@H]1N(C(=O)[C@@H](O)[C@H](Cc2ccccc2)NC(=O)OCCC)CSC1(C)C. The van der Waals surface area contributed by atoms with Gasteiger partial charge in [0, 0.05) is 11.3 Å². The Morgan fingerprint density at radius 3 is 2.53 bits per heavy atom. The molecule has 0 saturated carbocycles. The molecule has 0 aromatic heterocycles. The maximum Gasteiger partial charge on any atom is 0.407 e. The Kier molecular flexibility index (Phi) is 9.84. The molecule has 1 heterocycles. The van der Waals surface area contributed by atoms with E-state index in [9.17, 15) is 19.5 Å². The van der Waals surface area contributed by atoms with Gasteiger partial charge in [-0.1, -0.05) is 44.2 Å². The van der Waals surface area contributed by atoms with Crippen molar-refractivity contribution in [2.75, 3.05) is 19.0 Å². The van der Waals surface area contributed by atoms with Crippen LogP contribution in [0.2, 0.25) is 0 Å². The van der Waals surface area contributed by atoms with Crippen molar-refractivity contribution in [3.8, 4) is 0 Å². The predicted octanol–water partition coefficient (Wildman–Crippen LogP) is 2.30. The first-order chi connectivity index (χ1) is 15.2. The molecule has 1 saturated heterocycles. The second kappa shape index (κ2) is 12.1. The number of nitrogens with zero attached hydrogens (tertiary/aromatic N) is 1. The Balaban J connectivity index is 2.21. The summed E-state index contributed by atoms with van der Waals surface area (Å²) in [6, 6.07) is 7.67. The Bertz CT molecular complexity index is 774. The van der Waals surface area contributed by atoms with E-state index in [1.54, 1.807) is 0 Å². The molecule has 3 N–H and O–H groups in total. The molecule has 32 heavy (non-hydrogen) atoms. The molecule has 9 heteroatoms. The summed E-state index contributed by atoms with van der Waals surface area (Å²) in [5.74, 6) is -0.542. The van der Waals surface area contributed by atoms with Crippen LogP contribution >= 0.6 is 11.8 Å². The summed E-state index contributed by atoms with van der Waals surface area (Å²) in [5.41, 5.74) is 0.855. The van der Waals surface area contributed by atoms with Gasteiger partial charge in [-0.15, -0.1) is 11.8 Å². The summed E-state index contributed by atoms with van der Waals surface area (Å²) < 4.78 is 4.59. The number of benzene rings is 1. The standard InChI is InChI=1S/C23H35N3O5S/c1-5-12-24-20(28)19-23(3,4)32-15-26(19)21(29)18(27)17(25-22(30)31-13-6-2)14-16-10-8-7-9-11-16/h7-11,17-19,27H,5-6,12-15H2,1-4H3,(H,24,28)(H,25,30)/t17-,18-,19+/m0/s1. The van der Waals surface area contributed by atoms with Gasteiger partial charge in [-0.3, -0.25) is 9.59 Å². The number of hydrogen-bond donors (Lipinski definition) is 3. The third-order valence-corrected chi connectivity index (χ3v) is 6.67. The van der Waals surface area contributed by atoms with Crippen LogP contribution in [0, 0.1) is 0 Å². The fourth-order valence-corrected chi connectivity index (χ4v) is 4.74. The van der Waals surface area contributed by atoms with Crippen LogP contribution in [0.3, 0.4) is 0 Å². The molecule has 3 amide bonds. The monoisotopic (exact) mass is 465 g/mol. The van der Waals surface area contributed by atoms with E-state index in [2.05, 4.69) is 10.6 Å². The van der Waals surface area contributed by atoms with Crippen LogP contribution in [0.25, 0.3) is 0 Å². The van der Waals surface area contributed by atoms with Crippen molar-refractivity contribution in [1.29, 1.82) is 0 Å².